The maximum atomic E-state index is 9.38. The van der Waals surface area contributed by atoms with Crippen LogP contribution in [0.3, 0.4) is 0 Å². The zero-order valence-electron chi connectivity index (χ0n) is 11.8. The second-order valence-electron chi connectivity index (χ2n) is 4.89. The molecule has 3 nitrogen and oxygen atoms in total. The van der Waals surface area contributed by atoms with Gasteiger partial charge in [0.2, 0.25) is 0 Å². The zero-order valence-corrected chi connectivity index (χ0v) is 14.8. The van der Waals surface area contributed by atoms with Crippen molar-refractivity contribution in [1.29, 1.82) is 0 Å². The number of fused-ring (bicyclic) bond motifs is 1. The number of allylic oxidation sites excluding steroid dienone is 2. The molecule has 0 saturated carbocycles. The predicted molar refractivity (Wildman–Crippen MR) is 94.6 cm³/mol. The Morgan fingerprint density at radius 3 is 2.75 bits per heavy atom. The summed E-state index contributed by atoms with van der Waals surface area (Å²) in [5, 5.41) is 10.5. The molecule has 20 heavy (non-hydrogen) atoms. The largest absolute Gasteiger partial charge is 0.496 e. The SMILES string of the molecule is COc1cc(CO)cc2c1c(CC=C(C)C)cn2SI. The molecule has 0 aliphatic rings. The van der Waals surface area contributed by atoms with E-state index in [-0.39, 0.29) is 6.61 Å². The first-order valence-corrected chi connectivity index (χ1v) is 9.66. The molecule has 0 unspecified atom stereocenters. The molecule has 0 aliphatic heterocycles. The third-order valence-corrected chi connectivity index (χ3v) is 4.90. The average molecular weight is 403 g/mol. The van der Waals surface area contributed by atoms with Gasteiger partial charge in [-0.05, 0) is 43.5 Å². The van der Waals surface area contributed by atoms with Crippen molar-refractivity contribution < 1.29 is 9.84 Å². The third kappa shape index (κ3) is 3.15. The molecule has 0 fully saturated rings. The molecule has 0 saturated heterocycles. The number of ether oxygens (including phenoxy) is 1. The van der Waals surface area contributed by atoms with Crippen molar-refractivity contribution in [2.75, 3.05) is 7.11 Å². The van der Waals surface area contributed by atoms with Crippen molar-refractivity contribution in [3.63, 3.8) is 0 Å². The molecule has 0 aliphatic carbocycles. The molecule has 5 heteroatoms. The Kier molecular flexibility index (Phi) is 5.40. The van der Waals surface area contributed by atoms with Crippen LogP contribution in [-0.4, -0.2) is 16.2 Å². The summed E-state index contributed by atoms with van der Waals surface area (Å²) in [5.74, 6) is 0.827. The molecule has 108 valence electrons. The first-order chi connectivity index (χ1) is 9.60. The summed E-state index contributed by atoms with van der Waals surface area (Å²) in [6.45, 7) is 4.23. The van der Waals surface area contributed by atoms with Gasteiger partial charge in [0, 0.05) is 41.9 Å². The molecule has 0 amide bonds. The van der Waals surface area contributed by atoms with Gasteiger partial charge in [-0.1, -0.05) is 11.6 Å². The van der Waals surface area contributed by atoms with Crippen LogP contribution in [0.4, 0.5) is 0 Å². The lowest BCUT2D eigenvalue weighted by molar-refractivity contribution is 0.281. The van der Waals surface area contributed by atoms with Crippen molar-refractivity contribution in [1.82, 2.24) is 3.97 Å². The van der Waals surface area contributed by atoms with Crippen LogP contribution in [0.15, 0.2) is 30.0 Å². The molecule has 1 aromatic carbocycles. The standard InChI is InChI=1S/C15H18INO2S/c1-10(2)4-5-12-8-17(20-16)13-6-11(9-18)7-14(19-3)15(12)13/h4,6-8,18H,5,9H2,1-3H3. The van der Waals surface area contributed by atoms with Crippen LogP contribution in [0.5, 0.6) is 5.75 Å². The minimum Gasteiger partial charge on any atom is -0.496 e. The van der Waals surface area contributed by atoms with Crippen molar-refractivity contribution in [3.8, 4) is 5.75 Å². The van der Waals surface area contributed by atoms with E-state index in [0.717, 1.165) is 28.6 Å². The predicted octanol–water partition coefficient (Wildman–Crippen LogP) is 4.50. The van der Waals surface area contributed by atoms with Gasteiger partial charge in [-0.25, -0.2) is 0 Å². The lowest BCUT2D eigenvalue weighted by atomic mass is 10.1. The van der Waals surface area contributed by atoms with Gasteiger partial charge in [0.05, 0.1) is 19.2 Å². The van der Waals surface area contributed by atoms with Crippen LogP contribution < -0.4 is 4.74 Å². The van der Waals surface area contributed by atoms with E-state index in [0.29, 0.717) is 0 Å². The molecule has 0 atom stereocenters. The average Bonchev–Trinajstić information content (AvgIpc) is 2.81. The fourth-order valence-corrected chi connectivity index (χ4v) is 3.57. The van der Waals surface area contributed by atoms with Gasteiger partial charge in [-0.15, -0.1) is 0 Å². The van der Waals surface area contributed by atoms with E-state index in [1.165, 1.54) is 11.1 Å². The topological polar surface area (TPSA) is 34.4 Å². The Morgan fingerprint density at radius 2 is 2.20 bits per heavy atom. The molecule has 0 bridgehead atoms. The van der Waals surface area contributed by atoms with E-state index in [9.17, 15) is 5.11 Å². The number of aromatic nitrogens is 1. The summed E-state index contributed by atoms with van der Waals surface area (Å²) in [5.41, 5.74) is 4.50. The first-order valence-electron chi connectivity index (χ1n) is 6.34. The summed E-state index contributed by atoms with van der Waals surface area (Å²) in [6.07, 6.45) is 5.25. The summed E-state index contributed by atoms with van der Waals surface area (Å²) in [7, 11) is 3.30. The number of methoxy groups -OCH3 is 1. The minimum absolute atomic E-state index is 0.0205. The van der Waals surface area contributed by atoms with Crippen LogP contribution in [-0.2, 0) is 13.0 Å². The van der Waals surface area contributed by atoms with Crippen molar-refractivity contribution >= 4 is 41.2 Å². The van der Waals surface area contributed by atoms with Crippen LogP contribution in [0.2, 0.25) is 0 Å². The van der Waals surface area contributed by atoms with Gasteiger partial charge >= 0.3 is 0 Å². The normalized spacial score (nSPS) is 10.8. The van der Waals surface area contributed by atoms with Gasteiger partial charge in [-0.3, -0.25) is 3.97 Å². The highest BCUT2D eigenvalue weighted by molar-refractivity contribution is 14.2. The minimum atomic E-state index is 0.0205. The van der Waals surface area contributed by atoms with E-state index >= 15 is 0 Å². The van der Waals surface area contributed by atoms with E-state index in [1.807, 2.05) is 12.1 Å². The summed E-state index contributed by atoms with van der Waals surface area (Å²) in [6, 6.07) is 3.94. The summed E-state index contributed by atoms with van der Waals surface area (Å²) in [4.78, 5) is 0. The number of nitrogens with zero attached hydrogens (tertiary/aromatic N) is 1. The van der Waals surface area contributed by atoms with Crippen molar-refractivity contribution in [2.45, 2.75) is 26.9 Å². The second kappa shape index (κ2) is 6.87. The zero-order chi connectivity index (χ0) is 14.7. The maximum absolute atomic E-state index is 9.38. The van der Waals surface area contributed by atoms with Crippen LogP contribution >= 0.6 is 30.3 Å². The Bertz CT molecular complexity index is 645. The second-order valence-corrected chi connectivity index (χ2v) is 6.60. The van der Waals surface area contributed by atoms with Gasteiger partial charge in [0.1, 0.15) is 5.75 Å². The van der Waals surface area contributed by atoms with E-state index < -0.39 is 0 Å². The highest BCUT2D eigenvalue weighted by atomic mass is 127. The van der Waals surface area contributed by atoms with Crippen LogP contribution in [0.25, 0.3) is 10.9 Å². The van der Waals surface area contributed by atoms with Crippen LogP contribution in [0.1, 0.15) is 25.0 Å². The highest BCUT2D eigenvalue weighted by Crippen LogP contribution is 2.36. The Labute approximate surface area is 135 Å². The third-order valence-electron chi connectivity index (χ3n) is 3.18. The molecule has 0 spiro atoms. The molecule has 1 N–H and O–H groups in total. The molecule has 2 rings (SSSR count). The lowest BCUT2D eigenvalue weighted by Gasteiger charge is -2.07. The Morgan fingerprint density at radius 1 is 1.45 bits per heavy atom. The number of rotatable bonds is 5. The smallest absolute Gasteiger partial charge is 0.128 e. The molecular weight excluding hydrogens is 385 g/mol. The van der Waals surface area contributed by atoms with Gasteiger partial charge in [0.25, 0.3) is 0 Å². The summed E-state index contributed by atoms with van der Waals surface area (Å²) < 4.78 is 7.64. The first kappa shape index (κ1) is 15.7. The number of hydrogen-bond donors (Lipinski definition) is 1. The van der Waals surface area contributed by atoms with Gasteiger partial charge in [-0.2, -0.15) is 0 Å². The number of halogens is 1. The Balaban J connectivity index is 2.67. The van der Waals surface area contributed by atoms with E-state index in [4.69, 9.17) is 4.74 Å². The fourth-order valence-electron chi connectivity index (χ4n) is 2.21. The quantitative estimate of drug-likeness (QED) is 0.590. The van der Waals surface area contributed by atoms with Crippen molar-refractivity contribution in [2.24, 2.45) is 0 Å². The fraction of sp³-hybridized carbons (Fsp3) is 0.333. The van der Waals surface area contributed by atoms with Crippen molar-refractivity contribution in [3.05, 3.63) is 41.1 Å². The maximum Gasteiger partial charge on any atom is 0.128 e. The van der Waals surface area contributed by atoms with Crippen LogP contribution in [0, 0.1) is 0 Å². The number of aliphatic hydroxyl groups is 1. The number of aliphatic hydroxyl groups excluding tert-OH is 1. The molecule has 0 radical (unpaired) electrons. The number of hydrogen-bond acceptors (Lipinski definition) is 3. The van der Waals surface area contributed by atoms with Gasteiger partial charge in [0.15, 0.2) is 0 Å². The van der Waals surface area contributed by atoms with E-state index in [1.54, 1.807) is 16.2 Å². The molecule has 1 heterocycles. The monoisotopic (exact) mass is 403 g/mol. The Hall–Kier alpha value is -0.660. The molecule has 1 aromatic heterocycles. The summed E-state index contributed by atoms with van der Waals surface area (Å²) >= 11 is 2.26. The number of benzene rings is 1. The highest BCUT2D eigenvalue weighted by Gasteiger charge is 2.14. The van der Waals surface area contributed by atoms with Gasteiger partial charge < -0.3 is 9.84 Å². The molecule has 2 aromatic rings. The lowest BCUT2D eigenvalue weighted by Crippen LogP contribution is -1.91. The molecular formula is C15H18INO2S. The van der Waals surface area contributed by atoms with E-state index in [2.05, 4.69) is 51.3 Å².